The molecule has 1 rings (SSSR count). The number of nitrogens with two attached hydrogens (primary N) is 1. The van der Waals surface area contributed by atoms with E-state index in [0.29, 0.717) is 6.54 Å². The van der Waals surface area contributed by atoms with Gasteiger partial charge in [0.05, 0.1) is 0 Å². The SMILES string of the molecule is Cc1ccc(CN)c(N(C)CCCN(C)C)n1. The summed E-state index contributed by atoms with van der Waals surface area (Å²) in [6, 6.07) is 4.08. The molecule has 0 atom stereocenters. The molecule has 0 saturated carbocycles. The van der Waals surface area contributed by atoms with Crippen molar-refractivity contribution in [1.82, 2.24) is 9.88 Å². The third-order valence-corrected chi connectivity index (χ3v) is 2.78. The van der Waals surface area contributed by atoms with Crippen molar-refractivity contribution in [3.63, 3.8) is 0 Å². The largest absolute Gasteiger partial charge is 0.359 e. The lowest BCUT2D eigenvalue weighted by molar-refractivity contribution is 0.401. The van der Waals surface area contributed by atoms with Gasteiger partial charge >= 0.3 is 0 Å². The minimum absolute atomic E-state index is 0.542. The Kier molecular flexibility index (Phi) is 5.38. The van der Waals surface area contributed by atoms with Gasteiger partial charge in [-0.15, -0.1) is 0 Å². The summed E-state index contributed by atoms with van der Waals surface area (Å²) in [5.41, 5.74) is 7.89. The Hall–Kier alpha value is -1.13. The summed E-state index contributed by atoms with van der Waals surface area (Å²) in [5, 5.41) is 0. The van der Waals surface area contributed by atoms with Gasteiger partial charge in [-0.25, -0.2) is 4.98 Å². The maximum atomic E-state index is 5.74. The molecule has 1 aromatic heterocycles. The summed E-state index contributed by atoms with van der Waals surface area (Å²) >= 11 is 0. The molecule has 1 aromatic rings. The highest BCUT2D eigenvalue weighted by Gasteiger charge is 2.08. The van der Waals surface area contributed by atoms with E-state index in [9.17, 15) is 0 Å². The Balaban J connectivity index is 2.66. The Morgan fingerprint density at radius 2 is 1.88 bits per heavy atom. The first-order valence-corrected chi connectivity index (χ1v) is 6.07. The molecule has 0 aliphatic carbocycles. The van der Waals surface area contributed by atoms with Crippen LogP contribution in [0.5, 0.6) is 0 Å². The topological polar surface area (TPSA) is 45.4 Å². The molecule has 0 aliphatic rings. The molecular formula is C13H24N4. The first kappa shape index (κ1) is 13.9. The molecule has 0 bridgehead atoms. The molecule has 17 heavy (non-hydrogen) atoms. The monoisotopic (exact) mass is 236 g/mol. The highest BCUT2D eigenvalue weighted by Crippen LogP contribution is 2.16. The second-order valence-corrected chi connectivity index (χ2v) is 4.72. The van der Waals surface area contributed by atoms with Crippen LogP contribution in [-0.2, 0) is 6.54 Å². The molecule has 0 aromatic carbocycles. The van der Waals surface area contributed by atoms with E-state index in [2.05, 4.69) is 42.0 Å². The fourth-order valence-electron chi connectivity index (χ4n) is 1.79. The van der Waals surface area contributed by atoms with Crippen LogP contribution >= 0.6 is 0 Å². The molecule has 96 valence electrons. The van der Waals surface area contributed by atoms with Crippen LogP contribution < -0.4 is 10.6 Å². The van der Waals surface area contributed by atoms with Gasteiger partial charge in [-0.1, -0.05) is 6.07 Å². The van der Waals surface area contributed by atoms with Crippen molar-refractivity contribution in [3.8, 4) is 0 Å². The second kappa shape index (κ2) is 6.57. The summed E-state index contributed by atoms with van der Waals surface area (Å²) in [6.45, 7) is 4.65. The molecule has 1 heterocycles. The molecule has 0 fully saturated rings. The number of hydrogen-bond acceptors (Lipinski definition) is 4. The number of nitrogens with zero attached hydrogens (tertiary/aromatic N) is 3. The lowest BCUT2D eigenvalue weighted by Gasteiger charge is -2.22. The van der Waals surface area contributed by atoms with Crippen molar-refractivity contribution >= 4 is 5.82 Å². The fraction of sp³-hybridized carbons (Fsp3) is 0.615. The molecular weight excluding hydrogens is 212 g/mol. The van der Waals surface area contributed by atoms with Gasteiger partial charge in [-0.2, -0.15) is 0 Å². The zero-order valence-corrected chi connectivity index (χ0v) is 11.4. The van der Waals surface area contributed by atoms with Crippen molar-refractivity contribution in [1.29, 1.82) is 0 Å². The quantitative estimate of drug-likeness (QED) is 0.807. The van der Waals surface area contributed by atoms with Crippen LogP contribution in [0.15, 0.2) is 12.1 Å². The Morgan fingerprint density at radius 3 is 2.47 bits per heavy atom. The standard InChI is InChI=1S/C13H24N4/c1-11-6-7-12(10-14)13(15-11)17(4)9-5-8-16(2)3/h6-7H,5,8-10,14H2,1-4H3. The van der Waals surface area contributed by atoms with Crippen molar-refractivity contribution in [2.75, 3.05) is 39.1 Å². The van der Waals surface area contributed by atoms with Gasteiger partial charge in [0.1, 0.15) is 5.82 Å². The average molecular weight is 236 g/mol. The van der Waals surface area contributed by atoms with Crippen molar-refractivity contribution in [3.05, 3.63) is 23.4 Å². The number of aromatic nitrogens is 1. The Morgan fingerprint density at radius 1 is 1.18 bits per heavy atom. The predicted molar refractivity (Wildman–Crippen MR) is 73.3 cm³/mol. The smallest absolute Gasteiger partial charge is 0.133 e. The number of aryl methyl sites for hydroxylation is 1. The van der Waals surface area contributed by atoms with E-state index in [1.54, 1.807) is 0 Å². The van der Waals surface area contributed by atoms with Gasteiger partial charge in [-0.3, -0.25) is 0 Å². The van der Waals surface area contributed by atoms with E-state index in [4.69, 9.17) is 5.73 Å². The number of hydrogen-bond donors (Lipinski definition) is 1. The number of pyridine rings is 1. The van der Waals surface area contributed by atoms with Crippen LogP contribution in [0.1, 0.15) is 17.7 Å². The summed E-state index contributed by atoms with van der Waals surface area (Å²) in [4.78, 5) is 8.96. The van der Waals surface area contributed by atoms with Crippen LogP contribution in [0.3, 0.4) is 0 Å². The van der Waals surface area contributed by atoms with Crippen molar-refractivity contribution in [2.24, 2.45) is 5.73 Å². The van der Waals surface area contributed by atoms with Gasteiger partial charge in [-0.05, 0) is 40.1 Å². The summed E-state index contributed by atoms with van der Waals surface area (Å²) in [6.07, 6.45) is 1.13. The van der Waals surface area contributed by atoms with E-state index in [1.165, 1.54) is 0 Å². The highest BCUT2D eigenvalue weighted by atomic mass is 15.2. The Labute approximate surface area is 104 Å². The maximum Gasteiger partial charge on any atom is 0.133 e. The maximum absolute atomic E-state index is 5.74. The van der Waals surface area contributed by atoms with E-state index in [1.807, 2.05) is 13.0 Å². The number of rotatable bonds is 6. The van der Waals surface area contributed by atoms with Gasteiger partial charge in [0, 0.05) is 31.4 Å². The molecule has 0 aliphatic heterocycles. The molecule has 0 spiro atoms. The van der Waals surface area contributed by atoms with E-state index >= 15 is 0 Å². The summed E-state index contributed by atoms with van der Waals surface area (Å²) in [7, 11) is 6.27. The summed E-state index contributed by atoms with van der Waals surface area (Å²) < 4.78 is 0. The fourth-order valence-corrected chi connectivity index (χ4v) is 1.79. The van der Waals surface area contributed by atoms with Crippen LogP contribution in [0.2, 0.25) is 0 Å². The van der Waals surface area contributed by atoms with Gasteiger partial charge in [0.15, 0.2) is 0 Å². The van der Waals surface area contributed by atoms with Gasteiger partial charge in [0.2, 0.25) is 0 Å². The van der Waals surface area contributed by atoms with Crippen LogP contribution in [-0.4, -0.2) is 44.1 Å². The van der Waals surface area contributed by atoms with Crippen LogP contribution in [0.25, 0.3) is 0 Å². The molecule has 0 radical (unpaired) electrons. The molecule has 0 saturated heterocycles. The van der Waals surface area contributed by atoms with Crippen LogP contribution in [0.4, 0.5) is 5.82 Å². The first-order valence-electron chi connectivity index (χ1n) is 6.07. The third kappa shape index (κ3) is 4.32. The van der Waals surface area contributed by atoms with Gasteiger partial charge in [0.25, 0.3) is 0 Å². The minimum Gasteiger partial charge on any atom is -0.359 e. The van der Waals surface area contributed by atoms with Crippen LogP contribution in [0, 0.1) is 6.92 Å². The van der Waals surface area contributed by atoms with E-state index in [0.717, 1.165) is 36.6 Å². The molecule has 0 amide bonds. The lowest BCUT2D eigenvalue weighted by Crippen LogP contribution is -2.25. The summed E-state index contributed by atoms with van der Waals surface area (Å²) in [5.74, 6) is 1.02. The molecule has 2 N–H and O–H groups in total. The zero-order valence-electron chi connectivity index (χ0n) is 11.4. The molecule has 4 nitrogen and oxygen atoms in total. The Bertz CT molecular complexity index is 349. The molecule has 0 unspecified atom stereocenters. The lowest BCUT2D eigenvalue weighted by atomic mass is 10.2. The van der Waals surface area contributed by atoms with Crippen molar-refractivity contribution in [2.45, 2.75) is 19.9 Å². The molecule has 4 heteroatoms. The predicted octanol–water partition coefficient (Wildman–Crippen LogP) is 1.24. The minimum atomic E-state index is 0.542. The number of anilines is 1. The highest BCUT2D eigenvalue weighted by molar-refractivity contribution is 5.46. The van der Waals surface area contributed by atoms with Gasteiger partial charge < -0.3 is 15.5 Å². The third-order valence-electron chi connectivity index (χ3n) is 2.78. The second-order valence-electron chi connectivity index (χ2n) is 4.72. The average Bonchev–Trinajstić information content (AvgIpc) is 2.28. The normalized spacial score (nSPS) is 10.9. The first-order chi connectivity index (χ1) is 8.04. The zero-order chi connectivity index (χ0) is 12.8. The van der Waals surface area contributed by atoms with E-state index < -0.39 is 0 Å². The van der Waals surface area contributed by atoms with E-state index in [-0.39, 0.29) is 0 Å². The van der Waals surface area contributed by atoms with Crippen molar-refractivity contribution < 1.29 is 0 Å².